The molecule has 1 atom stereocenters. The van der Waals surface area contributed by atoms with Crippen LogP contribution in [0.25, 0.3) is 5.69 Å². The summed E-state index contributed by atoms with van der Waals surface area (Å²) < 4.78 is 1.75. The molecule has 25 heavy (non-hydrogen) atoms. The fourth-order valence-corrected chi connectivity index (χ4v) is 2.91. The van der Waals surface area contributed by atoms with E-state index in [4.69, 9.17) is 23.2 Å². The number of rotatable bonds is 4. The number of hydrogen-bond donors (Lipinski definition) is 1. The van der Waals surface area contributed by atoms with Gasteiger partial charge in [0.05, 0.1) is 39.2 Å². The van der Waals surface area contributed by atoms with Crippen LogP contribution in [0.2, 0.25) is 10.0 Å². The fraction of sp³-hybridized carbons (Fsp3) is 0.158. The molecule has 0 bridgehead atoms. The third kappa shape index (κ3) is 3.70. The first kappa shape index (κ1) is 17.5. The molecule has 1 aromatic heterocycles. The van der Waals surface area contributed by atoms with Gasteiger partial charge in [-0.1, -0.05) is 47.5 Å². The van der Waals surface area contributed by atoms with Crippen molar-refractivity contribution < 1.29 is 4.79 Å². The Morgan fingerprint density at radius 1 is 1.12 bits per heavy atom. The highest BCUT2D eigenvalue weighted by molar-refractivity contribution is 6.42. The van der Waals surface area contributed by atoms with E-state index in [1.54, 1.807) is 23.0 Å². The summed E-state index contributed by atoms with van der Waals surface area (Å²) in [6, 6.07) is 14.8. The summed E-state index contributed by atoms with van der Waals surface area (Å²) in [7, 11) is 0. The molecular weight excluding hydrogens is 357 g/mol. The number of aromatic nitrogens is 2. The zero-order valence-electron chi connectivity index (χ0n) is 13.8. The maximum atomic E-state index is 12.6. The topological polar surface area (TPSA) is 46.9 Å². The Morgan fingerprint density at radius 2 is 1.84 bits per heavy atom. The summed E-state index contributed by atoms with van der Waals surface area (Å²) in [5.74, 6) is -0.182. The van der Waals surface area contributed by atoms with Crippen molar-refractivity contribution in [1.82, 2.24) is 15.1 Å². The third-order valence-electron chi connectivity index (χ3n) is 4.05. The molecule has 0 aliphatic carbocycles. The first-order chi connectivity index (χ1) is 12.0. The van der Waals surface area contributed by atoms with Gasteiger partial charge in [-0.2, -0.15) is 5.10 Å². The Balaban J connectivity index is 1.80. The highest BCUT2D eigenvalue weighted by Gasteiger charge is 2.18. The summed E-state index contributed by atoms with van der Waals surface area (Å²) >= 11 is 12.0. The van der Waals surface area contributed by atoms with E-state index < -0.39 is 0 Å². The Morgan fingerprint density at radius 3 is 2.52 bits per heavy atom. The molecule has 3 aromatic rings. The average Bonchev–Trinajstić information content (AvgIpc) is 2.99. The maximum absolute atomic E-state index is 12.6. The lowest BCUT2D eigenvalue weighted by Crippen LogP contribution is -2.27. The monoisotopic (exact) mass is 373 g/mol. The minimum atomic E-state index is -0.207. The van der Waals surface area contributed by atoms with Crippen molar-refractivity contribution in [2.24, 2.45) is 0 Å². The Hall–Kier alpha value is -2.30. The first-order valence-electron chi connectivity index (χ1n) is 7.83. The predicted molar refractivity (Wildman–Crippen MR) is 101 cm³/mol. The summed E-state index contributed by atoms with van der Waals surface area (Å²) in [6.07, 6.45) is 1.58. The van der Waals surface area contributed by atoms with Crippen LogP contribution in [-0.4, -0.2) is 15.7 Å². The van der Waals surface area contributed by atoms with E-state index in [1.807, 2.05) is 50.2 Å². The molecule has 1 heterocycles. The van der Waals surface area contributed by atoms with Gasteiger partial charge in [0.15, 0.2) is 0 Å². The molecule has 0 saturated heterocycles. The van der Waals surface area contributed by atoms with Crippen molar-refractivity contribution in [3.63, 3.8) is 0 Å². The predicted octanol–water partition coefficient (Wildman–Crippen LogP) is 4.98. The molecule has 1 unspecified atom stereocenters. The van der Waals surface area contributed by atoms with Crippen LogP contribution in [0.4, 0.5) is 0 Å². The molecule has 0 aliphatic heterocycles. The number of para-hydroxylation sites is 1. The number of benzene rings is 2. The molecule has 0 saturated carbocycles. The third-order valence-corrected chi connectivity index (χ3v) is 4.79. The lowest BCUT2D eigenvalue weighted by atomic mass is 10.1. The smallest absolute Gasteiger partial charge is 0.255 e. The zero-order valence-corrected chi connectivity index (χ0v) is 15.3. The van der Waals surface area contributed by atoms with E-state index in [-0.39, 0.29) is 11.9 Å². The van der Waals surface area contributed by atoms with Crippen molar-refractivity contribution in [2.75, 3.05) is 0 Å². The quantitative estimate of drug-likeness (QED) is 0.700. The van der Waals surface area contributed by atoms with Gasteiger partial charge in [-0.05, 0) is 43.7 Å². The van der Waals surface area contributed by atoms with Gasteiger partial charge in [-0.3, -0.25) is 4.79 Å². The van der Waals surface area contributed by atoms with Crippen LogP contribution < -0.4 is 5.32 Å². The number of carbonyl (C=O) groups is 1. The Bertz CT molecular complexity index is 906. The van der Waals surface area contributed by atoms with Gasteiger partial charge in [0.1, 0.15) is 0 Å². The number of hydrogen-bond acceptors (Lipinski definition) is 2. The van der Waals surface area contributed by atoms with Gasteiger partial charge in [0.25, 0.3) is 5.91 Å². The van der Waals surface area contributed by atoms with Crippen LogP contribution in [0.3, 0.4) is 0 Å². The van der Waals surface area contributed by atoms with E-state index in [0.29, 0.717) is 15.6 Å². The van der Waals surface area contributed by atoms with Crippen molar-refractivity contribution in [3.8, 4) is 5.69 Å². The second-order valence-electron chi connectivity index (χ2n) is 5.76. The van der Waals surface area contributed by atoms with Crippen LogP contribution >= 0.6 is 23.2 Å². The molecule has 1 N–H and O–H groups in total. The Labute approximate surface area is 156 Å². The number of nitrogens with zero attached hydrogens (tertiary/aromatic N) is 2. The van der Waals surface area contributed by atoms with E-state index in [0.717, 1.165) is 16.9 Å². The van der Waals surface area contributed by atoms with Gasteiger partial charge >= 0.3 is 0 Å². The molecule has 0 spiro atoms. The van der Waals surface area contributed by atoms with E-state index in [2.05, 4.69) is 10.4 Å². The standard InChI is InChI=1S/C19H17Cl2N3O/c1-12(14-8-9-17(20)18(21)10-14)23-19(25)16-11-22-24(13(16)2)15-6-4-3-5-7-15/h3-12H,1-2H3,(H,23,25). The van der Waals surface area contributed by atoms with Gasteiger partial charge in [-0.25, -0.2) is 4.68 Å². The summed E-state index contributed by atoms with van der Waals surface area (Å²) in [4.78, 5) is 12.6. The van der Waals surface area contributed by atoms with Gasteiger partial charge in [0.2, 0.25) is 0 Å². The highest BCUT2D eigenvalue weighted by atomic mass is 35.5. The summed E-state index contributed by atoms with van der Waals surface area (Å²) in [6.45, 7) is 3.77. The minimum Gasteiger partial charge on any atom is -0.345 e. The van der Waals surface area contributed by atoms with Crippen LogP contribution in [0.5, 0.6) is 0 Å². The van der Waals surface area contributed by atoms with Gasteiger partial charge in [0, 0.05) is 0 Å². The van der Waals surface area contributed by atoms with Crippen molar-refractivity contribution in [1.29, 1.82) is 0 Å². The van der Waals surface area contributed by atoms with Crippen LogP contribution in [0, 0.1) is 6.92 Å². The number of carbonyl (C=O) groups excluding carboxylic acids is 1. The number of nitrogens with one attached hydrogen (secondary N) is 1. The SMILES string of the molecule is Cc1c(C(=O)NC(C)c2ccc(Cl)c(Cl)c2)cnn1-c1ccccc1. The van der Waals surface area contributed by atoms with Crippen molar-refractivity contribution in [2.45, 2.75) is 19.9 Å². The van der Waals surface area contributed by atoms with Crippen LogP contribution in [0.15, 0.2) is 54.7 Å². The molecule has 1 amide bonds. The normalized spacial score (nSPS) is 12.0. The second-order valence-corrected chi connectivity index (χ2v) is 6.57. The first-order valence-corrected chi connectivity index (χ1v) is 8.59. The Kier molecular flexibility index (Phi) is 5.11. The number of halogens is 2. The van der Waals surface area contributed by atoms with Crippen molar-refractivity contribution in [3.05, 3.63) is 81.6 Å². The van der Waals surface area contributed by atoms with Crippen molar-refractivity contribution >= 4 is 29.1 Å². The summed E-state index contributed by atoms with van der Waals surface area (Å²) in [5, 5.41) is 8.26. The highest BCUT2D eigenvalue weighted by Crippen LogP contribution is 2.26. The van der Waals surface area contributed by atoms with Gasteiger partial charge in [-0.15, -0.1) is 0 Å². The molecule has 128 valence electrons. The van der Waals surface area contributed by atoms with E-state index >= 15 is 0 Å². The molecule has 0 aliphatic rings. The zero-order chi connectivity index (χ0) is 18.0. The average molecular weight is 374 g/mol. The molecule has 0 radical (unpaired) electrons. The number of amides is 1. The molecule has 3 rings (SSSR count). The molecule has 0 fully saturated rings. The molecular formula is C19H17Cl2N3O. The molecule has 4 nitrogen and oxygen atoms in total. The summed E-state index contributed by atoms with van der Waals surface area (Å²) in [5.41, 5.74) is 3.12. The second kappa shape index (κ2) is 7.30. The maximum Gasteiger partial charge on any atom is 0.255 e. The fourth-order valence-electron chi connectivity index (χ4n) is 2.60. The van der Waals surface area contributed by atoms with E-state index in [9.17, 15) is 4.79 Å². The molecule has 2 aromatic carbocycles. The molecule has 6 heteroatoms. The van der Waals surface area contributed by atoms with Gasteiger partial charge < -0.3 is 5.32 Å². The largest absolute Gasteiger partial charge is 0.345 e. The lowest BCUT2D eigenvalue weighted by Gasteiger charge is -2.15. The van der Waals surface area contributed by atoms with Crippen LogP contribution in [0.1, 0.15) is 34.6 Å². The van der Waals surface area contributed by atoms with E-state index in [1.165, 1.54) is 0 Å². The lowest BCUT2D eigenvalue weighted by molar-refractivity contribution is 0.0939. The minimum absolute atomic E-state index is 0.182. The van der Waals surface area contributed by atoms with Crippen LogP contribution in [-0.2, 0) is 0 Å².